The maximum atomic E-state index is 9.36. The van der Waals surface area contributed by atoms with Gasteiger partial charge < -0.3 is 4.90 Å². The molecule has 23 heavy (non-hydrogen) atoms. The predicted molar refractivity (Wildman–Crippen MR) is 98.6 cm³/mol. The van der Waals surface area contributed by atoms with Crippen LogP contribution in [-0.4, -0.2) is 7.05 Å². The van der Waals surface area contributed by atoms with Crippen LogP contribution in [0.2, 0.25) is 0 Å². The summed E-state index contributed by atoms with van der Waals surface area (Å²) in [6, 6.07) is 24.9. The smallest absolute Gasteiger partial charge is 0.101 e. The molecule has 4 rings (SSSR count). The molecular weight excluding hydrogens is 300 g/mol. The Balaban J connectivity index is 2.00. The molecule has 0 atom stereocenters. The van der Waals surface area contributed by atoms with Gasteiger partial charge in [0.15, 0.2) is 0 Å². The second-order valence-electron chi connectivity index (χ2n) is 5.44. The minimum absolute atomic E-state index is 0.747. The molecule has 0 unspecified atom stereocenters. The molecule has 3 aromatic carbocycles. The molecule has 0 N–H and O–H groups in total. The lowest BCUT2D eigenvalue weighted by Crippen LogP contribution is -2.08. The molecule has 0 aliphatic rings. The van der Waals surface area contributed by atoms with Crippen molar-refractivity contribution in [3.8, 4) is 6.07 Å². The van der Waals surface area contributed by atoms with Crippen molar-refractivity contribution in [2.45, 2.75) is 0 Å². The zero-order valence-electron chi connectivity index (χ0n) is 12.7. The van der Waals surface area contributed by atoms with Crippen LogP contribution in [0.15, 0.2) is 66.7 Å². The van der Waals surface area contributed by atoms with Crippen LogP contribution < -0.4 is 4.90 Å². The van der Waals surface area contributed by atoms with E-state index in [0.717, 1.165) is 21.3 Å². The van der Waals surface area contributed by atoms with E-state index in [9.17, 15) is 5.26 Å². The van der Waals surface area contributed by atoms with E-state index in [2.05, 4.69) is 54.4 Å². The number of benzene rings is 3. The Bertz CT molecular complexity index is 1040. The molecule has 0 radical (unpaired) electrons. The molecule has 4 aromatic rings. The van der Waals surface area contributed by atoms with Crippen LogP contribution >= 0.6 is 11.3 Å². The molecule has 0 saturated carbocycles. The van der Waals surface area contributed by atoms with Crippen molar-refractivity contribution in [2.24, 2.45) is 0 Å². The second-order valence-corrected chi connectivity index (χ2v) is 6.47. The van der Waals surface area contributed by atoms with Gasteiger partial charge in [-0.05, 0) is 24.3 Å². The summed E-state index contributed by atoms with van der Waals surface area (Å²) < 4.78 is 2.29. The van der Waals surface area contributed by atoms with Crippen LogP contribution in [0.5, 0.6) is 0 Å². The third-order valence-corrected chi connectivity index (χ3v) is 5.41. The van der Waals surface area contributed by atoms with E-state index >= 15 is 0 Å². The van der Waals surface area contributed by atoms with E-state index in [-0.39, 0.29) is 0 Å². The summed E-state index contributed by atoms with van der Waals surface area (Å²) in [6.07, 6.45) is 0. The number of rotatable bonds is 2. The Morgan fingerprint density at radius 1 is 0.826 bits per heavy atom. The quantitative estimate of drug-likeness (QED) is 0.475. The van der Waals surface area contributed by atoms with Crippen molar-refractivity contribution in [3.63, 3.8) is 0 Å². The molecule has 2 nitrogen and oxygen atoms in total. The summed E-state index contributed by atoms with van der Waals surface area (Å²) in [5, 5.41) is 11.7. The number of nitriles is 1. The average Bonchev–Trinajstić information content (AvgIpc) is 3.00. The monoisotopic (exact) mass is 314 g/mol. The van der Waals surface area contributed by atoms with E-state index in [1.54, 1.807) is 11.3 Å². The van der Waals surface area contributed by atoms with Crippen molar-refractivity contribution in [1.29, 1.82) is 5.26 Å². The van der Waals surface area contributed by atoms with Gasteiger partial charge in [0.1, 0.15) is 6.07 Å². The van der Waals surface area contributed by atoms with E-state index in [1.165, 1.54) is 15.8 Å². The molecule has 0 fully saturated rings. The van der Waals surface area contributed by atoms with E-state index < -0.39 is 0 Å². The molecule has 0 aliphatic heterocycles. The normalized spacial score (nSPS) is 10.8. The zero-order chi connectivity index (χ0) is 15.8. The van der Waals surface area contributed by atoms with E-state index in [1.807, 2.05) is 30.3 Å². The molecule has 1 heterocycles. The minimum atomic E-state index is 0.747. The highest BCUT2D eigenvalue weighted by atomic mass is 32.1. The summed E-state index contributed by atoms with van der Waals surface area (Å²) in [6.45, 7) is 0. The highest BCUT2D eigenvalue weighted by Crippen LogP contribution is 2.41. The van der Waals surface area contributed by atoms with Crippen molar-refractivity contribution < 1.29 is 0 Å². The van der Waals surface area contributed by atoms with Crippen molar-refractivity contribution in [3.05, 3.63) is 72.3 Å². The van der Waals surface area contributed by atoms with Crippen LogP contribution in [0, 0.1) is 11.3 Å². The standard InChI is InChI=1S/C20H14N2S/c1-22(15-8-3-2-4-9-15)18-12-6-11-17-16-10-5-7-14(13-21)19(16)23-20(17)18/h2-12H,1H3. The molecule has 3 heteroatoms. The topological polar surface area (TPSA) is 27.0 Å². The minimum Gasteiger partial charge on any atom is -0.343 e. The number of para-hydroxylation sites is 1. The van der Waals surface area contributed by atoms with Crippen LogP contribution in [0.1, 0.15) is 5.56 Å². The molecule has 0 aliphatic carbocycles. The highest BCUT2D eigenvalue weighted by molar-refractivity contribution is 7.26. The van der Waals surface area contributed by atoms with Gasteiger partial charge in [0.2, 0.25) is 0 Å². The molecule has 0 saturated heterocycles. The fourth-order valence-electron chi connectivity index (χ4n) is 2.95. The molecule has 0 bridgehead atoms. The Morgan fingerprint density at radius 3 is 2.26 bits per heavy atom. The lowest BCUT2D eigenvalue weighted by Gasteiger charge is -2.20. The summed E-state index contributed by atoms with van der Waals surface area (Å²) >= 11 is 1.70. The SMILES string of the molecule is CN(c1ccccc1)c1cccc2c1sc1c(C#N)cccc12. The number of anilines is 2. The summed E-state index contributed by atoms with van der Waals surface area (Å²) in [7, 11) is 2.08. The van der Waals surface area contributed by atoms with Gasteiger partial charge in [-0.15, -0.1) is 11.3 Å². The van der Waals surface area contributed by atoms with Crippen molar-refractivity contribution >= 4 is 42.9 Å². The number of hydrogen-bond acceptors (Lipinski definition) is 3. The van der Waals surface area contributed by atoms with E-state index in [0.29, 0.717) is 0 Å². The van der Waals surface area contributed by atoms with Gasteiger partial charge in [0, 0.05) is 23.5 Å². The maximum Gasteiger partial charge on any atom is 0.101 e. The van der Waals surface area contributed by atoms with Crippen LogP contribution in [0.3, 0.4) is 0 Å². The van der Waals surface area contributed by atoms with Gasteiger partial charge in [-0.25, -0.2) is 0 Å². The first kappa shape index (κ1) is 13.8. The first-order valence-corrected chi connectivity index (χ1v) is 8.24. The number of nitrogens with zero attached hydrogens (tertiary/aromatic N) is 2. The molecular formula is C20H14N2S. The number of thiophene rings is 1. The summed E-state index contributed by atoms with van der Waals surface area (Å²) in [5.41, 5.74) is 3.06. The average molecular weight is 314 g/mol. The first-order chi connectivity index (χ1) is 11.3. The van der Waals surface area contributed by atoms with Gasteiger partial charge in [0.05, 0.1) is 20.7 Å². The second kappa shape index (κ2) is 5.42. The number of fused-ring (bicyclic) bond motifs is 3. The maximum absolute atomic E-state index is 9.36. The lowest BCUT2D eigenvalue weighted by atomic mass is 10.1. The Hall–Kier alpha value is -2.83. The third-order valence-electron chi connectivity index (χ3n) is 4.13. The Labute approximate surface area is 138 Å². The zero-order valence-corrected chi connectivity index (χ0v) is 13.5. The molecule has 110 valence electrons. The predicted octanol–water partition coefficient (Wildman–Crippen LogP) is 5.69. The summed E-state index contributed by atoms with van der Waals surface area (Å²) in [5.74, 6) is 0. The Morgan fingerprint density at radius 2 is 1.52 bits per heavy atom. The number of hydrogen-bond donors (Lipinski definition) is 0. The molecule has 1 aromatic heterocycles. The van der Waals surface area contributed by atoms with Gasteiger partial charge in [-0.2, -0.15) is 5.26 Å². The fraction of sp³-hybridized carbons (Fsp3) is 0.0500. The highest BCUT2D eigenvalue weighted by Gasteiger charge is 2.14. The van der Waals surface area contributed by atoms with Gasteiger partial charge in [-0.1, -0.05) is 42.5 Å². The lowest BCUT2D eigenvalue weighted by molar-refractivity contribution is 1.22. The molecule has 0 spiro atoms. The molecule has 0 amide bonds. The Kier molecular flexibility index (Phi) is 3.25. The van der Waals surface area contributed by atoms with Crippen LogP contribution in [0.25, 0.3) is 20.2 Å². The van der Waals surface area contributed by atoms with Crippen LogP contribution in [0.4, 0.5) is 11.4 Å². The summed E-state index contributed by atoms with van der Waals surface area (Å²) in [4.78, 5) is 2.20. The first-order valence-electron chi connectivity index (χ1n) is 7.42. The van der Waals surface area contributed by atoms with Crippen LogP contribution in [-0.2, 0) is 0 Å². The largest absolute Gasteiger partial charge is 0.343 e. The fourth-order valence-corrected chi connectivity index (χ4v) is 4.26. The van der Waals surface area contributed by atoms with Gasteiger partial charge in [-0.3, -0.25) is 0 Å². The van der Waals surface area contributed by atoms with Crippen molar-refractivity contribution in [2.75, 3.05) is 11.9 Å². The van der Waals surface area contributed by atoms with Gasteiger partial charge >= 0.3 is 0 Å². The third kappa shape index (κ3) is 2.16. The van der Waals surface area contributed by atoms with Gasteiger partial charge in [0.25, 0.3) is 0 Å². The van der Waals surface area contributed by atoms with Crippen molar-refractivity contribution in [1.82, 2.24) is 0 Å². The van der Waals surface area contributed by atoms with E-state index in [4.69, 9.17) is 0 Å².